The zero-order chi connectivity index (χ0) is 7.40. The van der Waals surface area contributed by atoms with E-state index in [9.17, 15) is 0 Å². The third-order valence-corrected chi connectivity index (χ3v) is 2.09. The van der Waals surface area contributed by atoms with Gasteiger partial charge in [-0.2, -0.15) is 0 Å². The van der Waals surface area contributed by atoms with E-state index in [4.69, 9.17) is 0 Å². The van der Waals surface area contributed by atoms with E-state index in [1.807, 2.05) is 17.8 Å². The van der Waals surface area contributed by atoms with Crippen LogP contribution in [0.15, 0.2) is 23.1 Å². The molecule has 0 heterocycles. The maximum Gasteiger partial charge on any atom is 0.0151 e. The molecule has 0 aliphatic rings. The highest BCUT2D eigenvalue weighted by molar-refractivity contribution is 7.99. The van der Waals surface area contributed by atoms with Crippen molar-refractivity contribution in [3.05, 3.63) is 29.8 Å². The van der Waals surface area contributed by atoms with Crippen LogP contribution < -0.4 is 0 Å². The molecule has 1 aromatic rings. The van der Waals surface area contributed by atoms with Gasteiger partial charge < -0.3 is 0 Å². The summed E-state index contributed by atoms with van der Waals surface area (Å²) >= 11 is 1.83. The van der Waals surface area contributed by atoms with Crippen molar-refractivity contribution in [2.24, 2.45) is 0 Å². The summed E-state index contributed by atoms with van der Waals surface area (Å²) < 4.78 is 0. The highest BCUT2D eigenvalue weighted by Gasteiger charge is 1.89. The molecule has 1 heteroatoms. The Morgan fingerprint density at radius 1 is 1.50 bits per heavy atom. The van der Waals surface area contributed by atoms with Gasteiger partial charge in [0.1, 0.15) is 0 Å². The summed E-state index contributed by atoms with van der Waals surface area (Å²) in [5, 5.41) is 0. The van der Waals surface area contributed by atoms with Gasteiger partial charge in [0.05, 0.1) is 0 Å². The Hall–Kier alpha value is -0.430. The molecule has 0 nitrogen and oxygen atoms in total. The molecule has 0 bridgehead atoms. The Kier molecular flexibility index (Phi) is 2.82. The number of hydrogen-bond donors (Lipinski definition) is 0. The summed E-state index contributed by atoms with van der Waals surface area (Å²) in [6.45, 7) is 4.23. The minimum atomic E-state index is 1.12. The molecule has 0 aliphatic carbocycles. The van der Waals surface area contributed by atoms with Gasteiger partial charge in [-0.05, 0) is 24.8 Å². The summed E-state index contributed by atoms with van der Waals surface area (Å²) in [5.74, 6) is 1.12. The molecule has 0 atom stereocenters. The van der Waals surface area contributed by atoms with Crippen LogP contribution in [0.4, 0.5) is 0 Å². The monoisotopic (exact) mass is 151 g/mol. The fourth-order valence-corrected chi connectivity index (χ4v) is 1.35. The Morgan fingerprint density at radius 3 is 2.80 bits per heavy atom. The molecule has 1 radical (unpaired) electrons. The maximum atomic E-state index is 3.20. The Balaban J connectivity index is 2.69. The van der Waals surface area contributed by atoms with E-state index in [0.29, 0.717) is 0 Å². The highest BCUT2D eigenvalue weighted by atomic mass is 32.2. The second-order valence-corrected chi connectivity index (χ2v) is 3.47. The van der Waals surface area contributed by atoms with Crippen molar-refractivity contribution in [1.29, 1.82) is 0 Å². The molecule has 0 saturated heterocycles. The number of rotatable bonds is 2. The van der Waals surface area contributed by atoms with E-state index in [2.05, 4.69) is 32.0 Å². The van der Waals surface area contributed by atoms with Crippen molar-refractivity contribution >= 4 is 11.8 Å². The second kappa shape index (κ2) is 3.67. The lowest BCUT2D eigenvalue weighted by Crippen LogP contribution is -1.74. The fraction of sp³-hybridized carbons (Fsp3) is 0.333. The SMILES string of the molecule is CCSc1[c]cc(C)cc1. The molecule has 0 aliphatic heterocycles. The topological polar surface area (TPSA) is 0 Å². The van der Waals surface area contributed by atoms with Crippen LogP contribution in [0.2, 0.25) is 0 Å². The van der Waals surface area contributed by atoms with E-state index in [1.165, 1.54) is 10.5 Å². The molecular weight excluding hydrogens is 140 g/mol. The largest absolute Gasteiger partial charge is 0.126 e. The van der Waals surface area contributed by atoms with Gasteiger partial charge >= 0.3 is 0 Å². The molecule has 0 unspecified atom stereocenters. The Labute approximate surface area is 66.6 Å². The summed E-state index contributed by atoms with van der Waals surface area (Å²) in [5.41, 5.74) is 1.28. The van der Waals surface area contributed by atoms with Crippen molar-refractivity contribution in [3.8, 4) is 0 Å². The highest BCUT2D eigenvalue weighted by Crippen LogP contribution is 2.16. The first-order chi connectivity index (χ1) is 4.83. The number of benzene rings is 1. The molecule has 0 amide bonds. The lowest BCUT2D eigenvalue weighted by molar-refractivity contribution is 1.36. The molecule has 0 saturated carbocycles. The predicted octanol–water partition coefficient (Wildman–Crippen LogP) is 2.91. The molecule has 0 N–H and O–H groups in total. The van der Waals surface area contributed by atoms with Gasteiger partial charge in [-0.15, -0.1) is 11.8 Å². The standard InChI is InChI=1S/C9H11S/c1-3-10-9-6-4-8(2)5-7-9/h4-6H,3H2,1-2H3. The van der Waals surface area contributed by atoms with Crippen LogP contribution in [0.5, 0.6) is 0 Å². The Bertz CT molecular complexity index is 188. The van der Waals surface area contributed by atoms with Gasteiger partial charge in [0.2, 0.25) is 0 Å². The summed E-state index contributed by atoms with van der Waals surface area (Å²) in [4.78, 5) is 1.24. The van der Waals surface area contributed by atoms with Crippen molar-refractivity contribution in [2.45, 2.75) is 18.7 Å². The van der Waals surface area contributed by atoms with E-state index in [-0.39, 0.29) is 0 Å². The molecular formula is C9H11S. The minimum absolute atomic E-state index is 1.12. The van der Waals surface area contributed by atoms with Crippen molar-refractivity contribution in [1.82, 2.24) is 0 Å². The fourth-order valence-electron chi connectivity index (χ4n) is 0.734. The van der Waals surface area contributed by atoms with Crippen molar-refractivity contribution in [3.63, 3.8) is 0 Å². The molecule has 0 fully saturated rings. The van der Waals surface area contributed by atoms with Gasteiger partial charge in [0.25, 0.3) is 0 Å². The quantitative estimate of drug-likeness (QED) is 0.586. The third-order valence-electron chi connectivity index (χ3n) is 1.24. The zero-order valence-electron chi connectivity index (χ0n) is 6.35. The number of hydrogen-bond acceptors (Lipinski definition) is 1. The van der Waals surface area contributed by atoms with Gasteiger partial charge in [-0.1, -0.05) is 24.6 Å². The van der Waals surface area contributed by atoms with E-state index in [0.717, 1.165) is 5.75 Å². The first kappa shape index (κ1) is 7.67. The average molecular weight is 151 g/mol. The van der Waals surface area contributed by atoms with Gasteiger partial charge in [-0.3, -0.25) is 0 Å². The zero-order valence-corrected chi connectivity index (χ0v) is 7.16. The van der Waals surface area contributed by atoms with E-state index >= 15 is 0 Å². The van der Waals surface area contributed by atoms with E-state index < -0.39 is 0 Å². The van der Waals surface area contributed by atoms with Crippen molar-refractivity contribution in [2.75, 3.05) is 5.75 Å². The second-order valence-electron chi connectivity index (χ2n) is 2.16. The van der Waals surface area contributed by atoms with Gasteiger partial charge in [0, 0.05) is 4.90 Å². The average Bonchev–Trinajstić information content (AvgIpc) is 1.95. The van der Waals surface area contributed by atoms with Crippen LogP contribution in [-0.2, 0) is 0 Å². The van der Waals surface area contributed by atoms with E-state index in [1.54, 1.807) is 0 Å². The first-order valence-corrected chi connectivity index (χ1v) is 4.42. The molecule has 53 valence electrons. The smallest absolute Gasteiger partial charge is 0.0151 e. The van der Waals surface area contributed by atoms with Crippen LogP contribution in [0.3, 0.4) is 0 Å². The molecule has 1 aromatic carbocycles. The summed E-state index contributed by atoms with van der Waals surface area (Å²) in [7, 11) is 0. The lowest BCUT2D eigenvalue weighted by Gasteiger charge is -1.96. The number of thioether (sulfide) groups is 1. The van der Waals surface area contributed by atoms with Crippen LogP contribution in [0.25, 0.3) is 0 Å². The third kappa shape index (κ3) is 2.07. The van der Waals surface area contributed by atoms with Crippen LogP contribution in [-0.4, -0.2) is 5.75 Å². The molecule has 10 heavy (non-hydrogen) atoms. The summed E-state index contributed by atoms with van der Waals surface area (Å²) in [6.07, 6.45) is 0. The minimum Gasteiger partial charge on any atom is -0.126 e. The predicted molar refractivity (Wildman–Crippen MR) is 46.4 cm³/mol. The van der Waals surface area contributed by atoms with Crippen LogP contribution in [0.1, 0.15) is 12.5 Å². The molecule has 0 aromatic heterocycles. The first-order valence-electron chi connectivity index (χ1n) is 3.44. The lowest BCUT2D eigenvalue weighted by atomic mass is 10.2. The van der Waals surface area contributed by atoms with Crippen LogP contribution >= 0.6 is 11.8 Å². The summed E-state index contributed by atoms with van der Waals surface area (Å²) in [6, 6.07) is 9.46. The normalized spacial score (nSPS) is 9.80. The van der Waals surface area contributed by atoms with Crippen LogP contribution in [0, 0.1) is 13.0 Å². The number of aryl methyl sites for hydroxylation is 1. The Morgan fingerprint density at radius 2 is 2.30 bits per heavy atom. The molecule has 1 rings (SSSR count). The van der Waals surface area contributed by atoms with Crippen molar-refractivity contribution < 1.29 is 0 Å². The van der Waals surface area contributed by atoms with Gasteiger partial charge in [0.15, 0.2) is 0 Å². The van der Waals surface area contributed by atoms with Gasteiger partial charge in [-0.25, -0.2) is 0 Å². The maximum absolute atomic E-state index is 3.20. The molecule has 0 spiro atoms.